The van der Waals surface area contributed by atoms with E-state index in [2.05, 4.69) is 10.1 Å². The zero-order valence-corrected chi connectivity index (χ0v) is 10.2. The Kier molecular flexibility index (Phi) is 3.83. The first-order valence-corrected chi connectivity index (χ1v) is 6.04. The van der Waals surface area contributed by atoms with E-state index < -0.39 is 0 Å². The summed E-state index contributed by atoms with van der Waals surface area (Å²) in [7, 11) is 0. The average Bonchev–Trinajstić information content (AvgIpc) is 2.85. The van der Waals surface area contributed by atoms with E-state index in [1.807, 2.05) is 0 Å². The van der Waals surface area contributed by atoms with Crippen molar-refractivity contribution in [1.29, 1.82) is 0 Å². The van der Waals surface area contributed by atoms with Crippen molar-refractivity contribution in [2.45, 2.75) is 5.75 Å². The first-order valence-electron chi connectivity index (χ1n) is 5.05. The lowest BCUT2D eigenvalue weighted by atomic mass is 10.2. The van der Waals surface area contributed by atoms with Crippen molar-refractivity contribution in [2.75, 3.05) is 0 Å². The second kappa shape index (κ2) is 5.54. The maximum absolute atomic E-state index is 12.8. The zero-order chi connectivity index (χ0) is 13.0. The summed E-state index contributed by atoms with van der Waals surface area (Å²) in [5, 5.41) is 3.61. The van der Waals surface area contributed by atoms with Crippen molar-refractivity contribution in [3.05, 3.63) is 42.0 Å². The van der Waals surface area contributed by atoms with E-state index in [1.165, 1.54) is 30.2 Å². The summed E-state index contributed by atoms with van der Waals surface area (Å²) in [6, 6.07) is 5.92. The Morgan fingerprint density at radius 2 is 2.11 bits per heavy atom. The van der Waals surface area contributed by atoms with Gasteiger partial charge in [-0.1, -0.05) is 11.8 Å². The summed E-state index contributed by atoms with van der Waals surface area (Å²) in [5.41, 5.74) is 6.87. The highest BCUT2D eigenvalue weighted by molar-refractivity contribution is 8.13. The van der Waals surface area contributed by atoms with Crippen LogP contribution in [0.25, 0.3) is 11.5 Å². The number of halogens is 1. The molecule has 0 radical (unpaired) electrons. The molecule has 2 rings (SSSR count). The van der Waals surface area contributed by atoms with Crippen molar-refractivity contribution in [3.8, 4) is 11.5 Å². The molecule has 4 N–H and O–H groups in total. The second-order valence-electron chi connectivity index (χ2n) is 3.41. The van der Waals surface area contributed by atoms with Gasteiger partial charge in [0.05, 0.1) is 5.69 Å². The zero-order valence-electron chi connectivity index (χ0n) is 9.34. The van der Waals surface area contributed by atoms with Crippen LogP contribution in [-0.4, -0.2) is 10.2 Å². The molecule has 18 heavy (non-hydrogen) atoms. The predicted octanol–water partition coefficient (Wildman–Crippen LogP) is 1.90. The molecule has 1 aromatic heterocycles. The maximum Gasteiger partial charge on any atom is 0.226 e. The number of rotatable bonds is 3. The highest BCUT2D eigenvalue weighted by Crippen LogP contribution is 2.20. The molecule has 0 bridgehead atoms. The first-order chi connectivity index (χ1) is 8.69. The summed E-state index contributed by atoms with van der Waals surface area (Å²) < 4.78 is 18.1. The standard InChI is InChI=1S/C11H11FN4OS/c12-8-3-1-7(2-4-8)10-15-9(5-17-10)6-18-11(13)16-14/h1-5H,6,14H2,(H2,13,16). The van der Waals surface area contributed by atoms with E-state index in [1.54, 1.807) is 12.1 Å². The molecule has 0 aliphatic rings. The number of hydrogen-bond acceptors (Lipinski definition) is 5. The smallest absolute Gasteiger partial charge is 0.226 e. The Labute approximate surface area is 107 Å². The van der Waals surface area contributed by atoms with Gasteiger partial charge in [0.15, 0.2) is 5.17 Å². The third-order valence-electron chi connectivity index (χ3n) is 2.14. The third kappa shape index (κ3) is 3.01. The molecule has 1 heterocycles. The van der Waals surface area contributed by atoms with Crippen molar-refractivity contribution in [2.24, 2.45) is 16.7 Å². The van der Waals surface area contributed by atoms with Crippen LogP contribution in [0.3, 0.4) is 0 Å². The molecule has 0 unspecified atom stereocenters. The number of oxazole rings is 1. The van der Waals surface area contributed by atoms with Gasteiger partial charge in [-0.05, 0) is 24.3 Å². The topological polar surface area (TPSA) is 90.4 Å². The molecule has 2 aromatic rings. The first kappa shape index (κ1) is 12.4. The molecular formula is C11H11FN4OS. The van der Waals surface area contributed by atoms with Gasteiger partial charge in [-0.25, -0.2) is 9.37 Å². The summed E-state index contributed by atoms with van der Waals surface area (Å²) in [6.45, 7) is 0. The van der Waals surface area contributed by atoms with Crippen LogP contribution in [0.5, 0.6) is 0 Å². The van der Waals surface area contributed by atoms with Crippen LogP contribution in [0.1, 0.15) is 5.69 Å². The minimum atomic E-state index is -0.298. The Morgan fingerprint density at radius 3 is 2.78 bits per heavy atom. The monoisotopic (exact) mass is 266 g/mol. The number of hydrazone groups is 1. The Bertz CT molecular complexity index is 552. The Morgan fingerprint density at radius 1 is 1.39 bits per heavy atom. The van der Waals surface area contributed by atoms with E-state index >= 15 is 0 Å². The normalized spacial score (nSPS) is 11.7. The van der Waals surface area contributed by atoms with Crippen molar-refractivity contribution in [3.63, 3.8) is 0 Å². The van der Waals surface area contributed by atoms with Gasteiger partial charge in [0.1, 0.15) is 12.1 Å². The molecule has 0 spiro atoms. The van der Waals surface area contributed by atoms with E-state index in [0.29, 0.717) is 22.9 Å². The van der Waals surface area contributed by atoms with Gasteiger partial charge in [0, 0.05) is 11.3 Å². The lowest BCUT2D eigenvalue weighted by Crippen LogP contribution is -2.09. The van der Waals surface area contributed by atoms with Crippen molar-refractivity contribution >= 4 is 16.9 Å². The molecule has 0 aliphatic heterocycles. The molecule has 0 aliphatic carbocycles. The number of aromatic nitrogens is 1. The molecule has 0 saturated heterocycles. The van der Waals surface area contributed by atoms with Gasteiger partial charge in [0.25, 0.3) is 0 Å². The summed E-state index contributed by atoms with van der Waals surface area (Å²) in [4.78, 5) is 4.26. The maximum atomic E-state index is 12.8. The Balaban J connectivity index is 2.08. The van der Waals surface area contributed by atoms with Crippen LogP contribution in [-0.2, 0) is 5.75 Å². The fourth-order valence-electron chi connectivity index (χ4n) is 1.28. The Hall–Kier alpha value is -2.02. The molecule has 7 heteroatoms. The number of amidine groups is 1. The third-order valence-corrected chi connectivity index (χ3v) is 2.98. The molecule has 1 aromatic carbocycles. The molecule has 0 fully saturated rings. The van der Waals surface area contributed by atoms with Crippen LogP contribution < -0.4 is 11.6 Å². The van der Waals surface area contributed by atoms with Gasteiger partial charge in [-0.2, -0.15) is 5.10 Å². The molecule has 0 saturated carbocycles. The minimum absolute atomic E-state index is 0.279. The van der Waals surface area contributed by atoms with Crippen LogP contribution >= 0.6 is 11.8 Å². The van der Waals surface area contributed by atoms with Gasteiger partial charge < -0.3 is 16.0 Å². The highest BCUT2D eigenvalue weighted by atomic mass is 32.2. The molecular weight excluding hydrogens is 255 g/mol. The SMILES string of the molecule is NN=C(N)SCc1coc(-c2ccc(F)cc2)n1. The van der Waals surface area contributed by atoms with E-state index in [0.717, 1.165) is 0 Å². The van der Waals surface area contributed by atoms with Crippen molar-refractivity contribution < 1.29 is 8.81 Å². The fraction of sp³-hybridized carbons (Fsp3) is 0.0909. The van der Waals surface area contributed by atoms with Crippen LogP contribution in [0, 0.1) is 5.82 Å². The highest BCUT2D eigenvalue weighted by Gasteiger charge is 2.07. The van der Waals surface area contributed by atoms with E-state index in [-0.39, 0.29) is 11.0 Å². The predicted molar refractivity (Wildman–Crippen MR) is 69.0 cm³/mol. The number of benzene rings is 1. The largest absolute Gasteiger partial charge is 0.444 e. The lowest BCUT2D eigenvalue weighted by molar-refractivity contribution is 0.573. The minimum Gasteiger partial charge on any atom is -0.444 e. The van der Waals surface area contributed by atoms with Gasteiger partial charge >= 0.3 is 0 Å². The quantitative estimate of drug-likeness (QED) is 0.383. The number of nitrogens with two attached hydrogens (primary N) is 2. The van der Waals surface area contributed by atoms with Crippen LogP contribution in [0.2, 0.25) is 0 Å². The van der Waals surface area contributed by atoms with Crippen LogP contribution in [0.4, 0.5) is 4.39 Å². The number of nitrogens with zero attached hydrogens (tertiary/aromatic N) is 2. The second-order valence-corrected chi connectivity index (χ2v) is 4.40. The summed E-state index contributed by atoms with van der Waals surface area (Å²) in [6.07, 6.45) is 1.52. The molecule has 94 valence electrons. The molecule has 5 nitrogen and oxygen atoms in total. The average molecular weight is 266 g/mol. The number of thioether (sulfide) groups is 1. The molecule has 0 amide bonds. The molecule has 0 atom stereocenters. The fourth-order valence-corrected chi connectivity index (χ4v) is 1.79. The van der Waals surface area contributed by atoms with Crippen molar-refractivity contribution in [1.82, 2.24) is 4.98 Å². The number of hydrogen-bond donors (Lipinski definition) is 2. The lowest BCUT2D eigenvalue weighted by Gasteiger charge is -1.95. The van der Waals surface area contributed by atoms with E-state index in [9.17, 15) is 4.39 Å². The van der Waals surface area contributed by atoms with Crippen LogP contribution in [0.15, 0.2) is 40.0 Å². The van der Waals surface area contributed by atoms with Gasteiger partial charge in [-0.15, -0.1) is 0 Å². The summed E-state index contributed by atoms with van der Waals surface area (Å²) in [5.74, 6) is 5.66. The summed E-state index contributed by atoms with van der Waals surface area (Å²) >= 11 is 1.26. The van der Waals surface area contributed by atoms with E-state index in [4.69, 9.17) is 16.0 Å². The van der Waals surface area contributed by atoms with Gasteiger partial charge in [-0.3, -0.25) is 0 Å². The van der Waals surface area contributed by atoms with Gasteiger partial charge in [0.2, 0.25) is 5.89 Å².